The predicted molar refractivity (Wildman–Crippen MR) is 98.6 cm³/mol. The minimum atomic E-state index is -0.469. The average Bonchev–Trinajstić information content (AvgIpc) is 2.60. The molecule has 1 aromatic rings. The Labute approximate surface area is 151 Å². The van der Waals surface area contributed by atoms with Gasteiger partial charge in [-0.25, -0.2) is 0 Å². The van der Waals surface area contributed by atoms with Crippen LogP contribution in [0.25, 0.3) is 0 Å². The van der Waals surface area contributed by atoms with E-state index in [2.05, 4.69) is 36.4 Å². The van der Waals surface area contributed by atoms with Gasteiger partial charge < -0.3 is 10.6 Å². The van der Waals surface area contributed by atoms with Gasteiger partial charge in [0.05, 0.1) is 0 Å². The predicted octanol–water partition coefficient (Wildman–Crippen LogP) is 3.06. The van der Waals surface area contributed by atoms with E-state index < -0.39 is 6.04 Å². The van der Waals surface area contributed by atoms with Crippen molar-refractivity contribution in [2.45, 2.75) is 65.5 Å². The highest BCUT2D eigenvalue weighted by molar-refractivity contribution is 5.88. The van der Waals surface area contributed by atoms with Gasteiger partial charge in [-0.1, -0.05) is 26.8 Å². The third-order valence-corrected chi connectivity index (χ3v) is 4.92. The molecule has 2 rings (SSSR count). The van der Waals surface area contributed by atoms with E-state index in [1.165, 1.54) is 0 Å². The fraction of sp³-hybridized carbons (Fsp3) is 0.650. The summed E-state index contributed by atoms with van der Waals surface area (Å²) < 4.78 is 0. The molecule has 1 aliphatic rings. The smallest absolute Gasteiger partial charge is 0.242 e. The first-order valence-electron chi connectivity index (χ1n) is 9.42. The van der Waals surface area contributed by atoms with Crippen molar-refractivity contribution >= 4 is 11.8 Å². The Bertz CT molecular complexity index is 551. The summed E-state index contributed by atoms with van der Waals surface area (Å²) in [4.78, 5) is 29.2. The summed E-state index contributed by atoms with van der Waals surface area (Å²) in [6, 6.07) is 3.30. The molecule has 2 N–H and O–H groups in total. The van der Waals surface area contributed by atoms with E-state index in [0.29, 0.717) is 24.8 Å². The molecule has 0 saturated heterocycles. The molecule has 5 nitrogen and oxygen atoms in total. The fourth-order valence-corrected chi connectivity index (χ4v) is 3.33. The molecule has 2 amide bonds. The number of hydrogen-bond acceptors (Lipinski definition) is 3. The highest BCUT2D eigenvalue weighted by Gasteiger charge is 2.28. The number of amides is 2. The minimum Gasteiger partial charge on any atom is -0.350 e. The van der Waals surface area contributed by atoms with Gasteiger partial charge >= 0.3 is 0 Å². The number of hydrogen-bond donors (Lipinski definition) is 2. The monoisotopic (exact) mass is 345 g/mol. The van der Waals surface area contributed by atoms with Crippen molar-refractivity contribution in [1.29, 1.82) is 0 Å². The van der Waals surface area contributed by atoms with Gasteiger partial charge in [-0.2, -0.15) is 0 Å². The third kappa shape index (κ3) is 6.48. The Hall–Kier alpha value is -1.91. The molecule has 1 atom stereocenters. The summed E-state index contributed by atoms with van der Waals surface area (Å²) in [5.41, 5.74) is 0.951. The van der Waals surface area contributed by atoms with Crippen molar-refractivity contribution < 1.29 is 9.59 Å². The van der Waals surface area contributed by atoms with E-state index in [4.69, 9.17) is 0 Å². The van der Waals surface area contributed by atoms with Crippen LogP contribution in [0.3, 0.4) is 0 Å². The maximum absolute atomic E-state index is 12.6. The maximum Gasteiger partial charge on any atom is 0.242 e. The van der Waals surface area contributed by atoms with Crippen LogP contribution in [0.5, 0.6) is 0 Å². The molecule has 1 aromatic heterocycles. The van der Waals surface area contributed by atoms with Gasteiger partial charge in [-0.05, 0) is 55.6 Å². The van der Waals surface area contributed by atoms with Crippen molar-refractivity contribution in [2.24, 2.45) is 17.8 Å². The van der Waals surface area contributed by atoms with E-state index in [9.17, 15) is 9.59 Å². The number of nitrogens with one attached hydrogen (secondary N) is 2. The number of nitrogens with zero attached hydrogens (tertiary/aromatic N) is 1. The van der Waals surface area contributed by atoms with Crippen molar-refractivity contribution in [3.05, 3.63) is 30.1 Å². The quantitative estimate of drug-likeness (QED) is 0.798. The zero-order valence-corrected chi connectivity index (χ0v) is 15.6. The molecule has 0 radical (unpaired) electrons. The van der Waals surface area contributed by atoms with Crippen molar-refractivity contribution in [3.8, 4) is 0 Å². The molecule has 138 valence electrons. The van der Waals surface area contributed by atoms with Gasteiger partial charge in [0.1, 0.15) is 6.04 Å². The second-order valence-corrected chi connectivity index (χ2v) is 7.73. The number of pyridine rings is 1. The van der Waals surface area contributed by atoms with Crippen LogP contribution in [-0.2, 0) is 16.1 Å². The lowest BCUT2D eigenvalue weighted by Gasteiger charge is -2.27. The number of aromatic nitrogens is 1. The largest absolute Gasteiger partial charge is 0.350 e. The van der Waals surface area contributed by atoms with Crippen LogP contribution in [0.15, 0.2) is 24.5 Å². The summed E-state index contributed by atoms with van der Waals surface area (Å²) in [5.74, 6) is 1.01. The standard InChI is InChI=1S/C20H31N3O2/c1-14(2)11-18(20(25)22-13-16-5-4-10-21-12-16)23-19(24)17-8-6-15(3)7-9-17/h4-5,10,12,14-15,17-18H,6-9,11,13H2,1-3H3,(H,22,25)(H,23,24)/t15?,17?,18-/m0/s1. The van der Waals surface area contributed by atoms with Gasteiger partial charge in [0.15, 0.2) is 0 Å². The molecule has 1 saturated carbocycles. The van der Waals surface area contributed by atoms with Crippen LogP contribution >= 0.6 is 0 Å². The SMILES string of the molecule is CC(C)C[C@H](NC(=O)C1CCC(C)CC1)C(=O)NCc1cccnc1. The Balaban J connectivity index is 1.90. The van der Waals surface area contributed by atoms with Crippen LogP contribution in [-0.4, -0.2) is 22.8 Å². The summed E-state index contributed by atoms with van der Waals surface area (Å²) >= 11 is 0. The Morgan fingerprint density at radius 3 is 2.56 bits per heavy atom. The first-order chi connectivity index (χ1) is 12.0. The number of carbonyl (C=O) groups is 2. The average molecular weight is 345 g/mol. The molecule has 0 bridgehead atoms. The van der Waals surface area contributed by atoms with E-state index in [1.807, 2.05) is 12.1 Å². The van der Waals surface area contributed by atoms with Crippen LogP contribution in [0.4, 0.5) is 0 Å². The van der Waals surface area contributed by atoms with Crippen molar-refractivity contribution in [2.75, 3.05) is 0 Å². The first kappa shape index (κ1) is 19.4. The summed E-state index contributed by atoms with van der Waals surface area (Å²) in [7, 11) is 0. The van der Waals surface area contributed by atoms with Gasteiger partial charge in [-0.15, -0.1) is 0 Å². The molecule has 1 fully saturated rings. The summed E-state index contributed by atoms with van der Waals surface area (Å²) in [6.45, 7) is 6.80. The lowest BCUT2D eigenvalue weighted by molar-refractivity contribution is -0.132. The Kier molecular flexibility index (Phi) is 7.41. The molecule has 1 heterocycles. The van der Waals surface area contributed by atoms with Crippen LogP contribution < -0.4 is 10.6 Å². The normalized spacial score (nSPS) is 21.6. The van der Waals surface area contributed by atoms with Crippen molar-refractivity contribution in [1.82, 2.24) is 15.6 Å². The molecular weight excluding hydrogens is 314 g/mol. The van der Waals surface area contributed by atoms with E-state index in [1.54, 1.807) is 12.4 Å². The second kappa shape index (κ2) is 9.54. The zero-order valence-electron chi connectivity index (χ0n) is 15.6. The molecule has 1 aliphatic carbocycles. The van der Waals surface area contributed by atoms with E-state index in [-0.39, 0.29) is 17.7 Å². The minimum absolute atomic E-state index is 0.0362. The lowest BCUT2D eigenvalue weighted by atomic mass is 9.82. The van der Waals surface area contributed by atoms with E-state index in [0.717, 1.165) is 31.2 Å². The second-order valence-electron chi connectivity index (χ2n) is 7.73. The molecule has 0 unspecified atom stereocenters. The van der Waals surface area contributed by atoms with Crippen LogP contribution in [0.2, 0.25) is 0 Å². The molecule has 25 heavy (non-hydrogen) atoms. The maximum atomic E-state index is 12.6. The van der Waals surface area contributed by atoms with Crippen LogP contribution in [0.1, 0.15) is 58.4 Å². The number of carbonyl (C=O) groups excluding carboxylic acids is 2. The summed E-state index contributed by atoms with van der Waals surface area (Å²) in [5, 5.41) is 5.93. The molecule has 0 spiro atoms. The van der Waals surface area contributed by atoms with Gasteiger partial charge in [-0.3, -0.25) is 14.6 Å². The molecular formula is C20H31N3O2. The van der Waals surface area contributed by atoms with Gasteiger partial charge in [0.25, 0.3) is 0 Å². The summed E-state index contributed by atoms with van der Waals surface area (Å²) in [6.07, 6.45) is 8.14. The number of rotatable bonds is 7. The molecule has 0 aromatic carbocycles. The third-order valence-electron chi connectivity index (χ3n) is 4.92. The van der Waals surface area contributed by atoms with Gasteiger partial charge in [0.2, 0.25) is 11.8 Å². The van der Waals surface area contributed by atoms with E-state index >= 15 is 0 Å². The highest BCUT2D eigenvalue weighted by Crippen LogP contribution is 2.28. The topological polar surface area (TPSA) is 71.1 Å². The van der Waals surface area contributed by atoms with Gasteiger partial charge in [0, 0.05) is 24.9 Å². The van der Waals surface area contributed by atoms with Crippen LogP contribution in [0, 0.1) is 17.8 Å². The van der Waals surface area contributed by atoms with Crippen molar-refractivity contribution in [3.63, 3.8) is 0 Å². The fourth-order valence-electron chi connectivity index (χ4n) is 3.33. The lowest BCUT2D eigenvalue weighted by Crippen LogP contribution is -2.49. The zero-order chi connectivity index (χ0) is 18.2. The molecule has 5 heteroatoms. The first-order valence-corrected chi connectivity index (χ1v) is 9.42. The molecule has 0 aliphatic heterocycles. The Morgan fingerprint density at radius 2 is 1.96 bits per heavy atom. The Morgan fingerprint density at radius 1 is 1.24 bits per heavy atom. The highest BCUT2D eigenvalue weighted by atomic mass is 16.2.